The molecule has 0 aliphatic heterocycles. The van der Waals surface area contributed by atoms with Crippen molar-refractivity contribution < 1.29 is 14.1 Å². The summed E-state index contributed by atoms with van der Waals surface area (Å²) in [6.07, 6.45) is 0. The maximum Gasteiger partial charge on any atom is 0.273 e. The highest BCUT2D eigenvalue weighted by Crippen LogP contribution is 2.23. The molecule has 0 fully saturated rings. The predicted molar refractivity (Wildman–Crippen MR) is 106 cm³/mol. The van der Waals surface area contributed by atoms with Crippen LogP contribution in [-0.2, 0) is 13.2 Å². The van der Waals surface area contributed by atoms with Gasteiger partial charge in [-0.25, -0.2) is 0 Å². The van der Waals surface area contributed by atoms with Gasteiger partial charge in [0.05, 0.1) is 6.54 Å². The van der Waals surface area contributed by atoms with Crippen molar-refractivity contribution in [3.63, 3.8) is 0 Å². The van der Waals surface area contributed by atoms with Crippen LogP contribution in [0.5, 0.6) is 5.75 Å². The van der Waals surface area contributed by atoms with Crippen LogP contribution in [0.1, 0.15) is 33.1 Å². The lowest BCUT2D eigenvalue weighted by Gasteiger charge is -2.09. The van der Waals surface area contributed by atoms with E-state index in [0.29, 0.717) is 12.3 Å². The number of carbonyl (C=O) groups is 1. The van der Waals surface area contributed by atoms with Gasteiger partial charge < -0.3 is 19.6 Å². The van der Waals surface area contributed by atoms with Crippen LogP contribution < -0.4 is 10.1 Å². The molecule has 4 aromatic rings. The zero-order valence-corrected chi connectivity index (χ0v) is 15.8. The average molecular weight is 375 g/mol. The van der Waals surface area contributed by atoms with Crippen LogP contribution in [-0.4, -0.2) is 16.0 Å². The number of fused-ring (bicyclic) bond motifs is 1. The zero-order valence-electron chi connectivity index (χ0n) is 15.8. The normalized spacial score (nSPS) is 10.9. The number of hydrogen-bond acceptors (Lipinski definition) is 4. The number of aromatic nitrogens is 2. The number of nitrogens with one attached hydrogen (secondary N) is 2. The Balaban J connectivity index is 1.36. The molecule has 28 heavy (non-hydrogen) atoms. The number of aromatic amines is 1. The van der Waals surface area contributed by atoms with Crippen LogP contribution >= 0.6 is 0 Å². The molecule has 0 saturated heterocycles. The molecule has 0 spiro atoms. The van der Waals surface area contributed by atoms with Crippen molar-refractivity contribution >= 4 is 16.8 Å². The summed E-state index contributed by atoms with van der Waals surface area (Å²) in [7, 11) is 0. The first-order valence-corrected chi connectivity index (χ1v) is 9.09. The third-order valence-corrected chi connectivity index (χ3v) is 4.58. The highest BCUT2D eigenvalue weighted by molar-refractivity contribution is 5.92. The van der Waals surface area contributed by atoms with Crippen LogP contribution in [0.3, 0.4) is 0 Å². The van der Waals surface area contributed by atoms with E-state index >= 15 is 0 Å². The van der Waals surface area contributed by atoms with E-state index in [0.717, 1.165) is 33.5 Å². The number of para-hydroxylation sites is 2. The summed E-state index contributed by atoms with van der Waals surface area (Å²) < 4.78 is 11.1. The van der Waals surface area contributed by atoms with Gasteiger partial charge in [0, 0.05) is 17.3 Å². The first-order valence-electron chi connectivity index (χ1n) is 9.09. The second kappa shape index (κ2) is 7.60. The van der Waals surface area contributed by atoms with Crippen molar-refractivity contribution in [2.24, 2.45) is 0 Å². The van der Waals surface area contributed by atoms with E-state index < -0.39 is 0 Å². The second-order valence-electron chi connectivity index (χ2n) is 6.75. The van der Waals surface area contributed by atoms with Gasteiger partial charge in [0.1, 0.15) is 12.4 Å². The van der Waals surface area contributed by atoms with E-state index in [9.17, 15) is 4.79 Å². The van der Waals surface area contributed by atoms with E-state index in [1.54, 1.807) is 6.07 Å². The molecule has 0 bridgehead atoms. The van der Waals surface area contributed by atoms with Crippen molar-refractivity contribution in [2.75, 3.05) is 0 Å². The fourth-order valence-electron chi connectivity index (χ4n) is 3.15. The molecule has 4 rings (SSSR count). The molecule has 0 saturated carbocycles. The Morgan fingerprint density at radius 3 is 2.68 bits per heavy atom. The lowest BCUT2D eigenvalue weighted by Crippen LogP contribution is -2.23. The van der Waals surface area contributed by atoms with Gasteiger partial charge in [-0.2, -0.15) is 0 Å². The zero-order chi connectivity index (χ0) is 19.5. The van der Waals surface area contributed by atoms with Crippen LogP contribution in [0, 0.1) is 13.8 Å². The summed E-state index contributed by atoms with van der Waals surface area (Å²) >= 11 is 0. The van der Waals surface area contributed by atoms with Crippen molar-refractivity contribution in [1.82, 2.24) is 15.5 Å². The van der Waals surface area contributed by atoms with Crippen LogP contribution in [0.2, 0.25) is 0 Å². The maximum atomic E-state index is 12.3. The lowest BCUT2D eigenvalue weighted by molar-refractivity contribution is 0.0941. The summed E-state index contributed by atoms with van der Waals surface area (Å²) in [5, 5.41) is 7.81. The smallest absolute Gasteiger partial charge is 0.273 e. The van der Waals surface area contributed by atoms with E-state index in [4.69, 9.17) is 9.26 Å². The van der Waals surface area contributed by atoms with Gasteiger partial charge in [0.15, 0.2) is 11.5 Å². The molecule has 6 heteroatoms. The number of nitrogens with zero attached hydrogens (tertiary/aromatic N) is 1. The Morgan fingerprint density at radius 1 is 1.11 bits per heavy atom. The Labute approximate surface area is 162 Å². The van der Waals surface area contributed by atoms with Gasteiger partial charge in [-0.05, 0) is 42.5 Å². The van der Waals surface area contributed by atoms with E-state index in [1.165, 1.54) is 0 Å². The highest BCUT2D eigenvalue weighted by atomic mass is 16.5. The van der Waals surface area contributed by atoms with Crippen molar-refractivity contribution in [3.05, 3.63) is 82.9 Å². The number of ether oxygens (including phenoxy) is 1. The molecule has 142 valence electrons. The third kappa shape index (κ3) is 3.76. The minimum Gasteiger partial charge on any atom is -0.485 e. The number of rotatable bonds is 6. The van der Waals surface area contributed by atoms with Gasteiger partial charge >= 0.3 is 0 Å². The maximum absolute atomic E-state index is 12.3. The van der Waals surface area contributed by atoms with Crippen molar-refractivity contribution in [3.8, 4) is 5.75 Å². The fourth-order valence-corrected chi connectivity index (χ4v) is 3.15. The lowest BCUT2D eigenvalue weighted by atomic mass is 10.1. The van der Waals surface area contributed by atoms with Gasteiger partial charge in [-0.15, -0.1) is 0 Å². The van der Waals surface area contributed by atoms with E-state index in [1.807, 2.05) is 62.4 Å². The number of carbonyl (C=O) groups excluding carboxylic acids is 1. The third-order valence-electron chi connectivity index (χ3n) is 4.58. The quantitative estimate of drug-likeness (QED) is 0.527. The van der Waals surface area contributed by atoms with E-state index in [-0.39, 0.29) is 18.2 Å². The number of aryl methyl sites for hydroxylation is 2. The number of H-pyrrole nitrogens is 1. The van der Waals surface area contributed by atoms with Crippen LogP contribution in [0.25, 0.3) is 10.9 Å². The molecule has 1 amide bonds. The minimum absolute atomic E-state index is 0.216. The molecule has 0 atom stereocenters. The molecule has 2 aromatic heterocycles. The van der Waals surface area contributed by atoms with Crippen LogP contribution in [0.4, 0.5) is 0 Å². The summed E-state index contributed by atoms with van der Waals surface area (Å²) in [5.41, 5.74) is 4.30. The molecule has 0 unspecified atom stereocenters. The molecule has 6 nitrogen and oxygen atoms in total. The van der Waals surface area contributed by atoms with E-state index in [2.05, 4.69) is 15.5 Å². The summed E-state index contributed by atoms with van der Waals surface area (Å²) in [6, 6.07) is 17.6. The Bertz CT molecular complexity index is 1070. The van der Waals surface area contributed by atoms with Gasteiger partial charge in [0.2, 0.25) is 0 Å². The first kappa shape index (κ1) is 17.9. The van der Waals surface area contributed by atoms with Crippen molar-refractivity contribution in [1.29, 1.82) is 0 Å². The second-order valence-corrected chi connectivity index (χ2v) is 6.75. The number of benzene rings is 2. The monoisotopic (exact) mass is 375 g/mol. The number of amides is 1. The Hall–Kier alpha value is -3.54. The molecule has 2 N–H and O–H groups in total. The van der Waals surface area contributed by atoms with Gasteiger partial charge in [-0.1, -0.05) is 41.6 Å². The molecule has 2 aromatic carbocycles. The molecular formula is C22H21N3O3. The molecule has 2 heterocycles. The van der Waals surface area contributed by atoms with Crippen LogP contribution in [0.15, 0.2) is 59.1 Å². The van der Waals surface area contributed by atoms with Gasteiger partial charge in [-0.3, -0.25) is 4.79 Å². The Morgan fingerprint density at radius 2 is 1.89 bits per heavy atom. The standard InChI is InChI=1S/C22H21N3O3/c1-14-6-5-7-15(2)21(14)27-13-18-11-20(25-28-18)22(26)23-12-17-10-16-8-3-4-9-19(16)24-17/h3-11,24H,12-13H2,1-2H3,(H,23,26). The molecule has 0 aliphatic rings. The summed E-state index contributed by atoms with van der Waals surface area (Å²) in [6.45, 7) is 4.58. The topological polar surface area (TPSA) is 80.1 Å². The number of hydrogen-bond donors (Lipinski definition) is 2. The van der Waals surface area contributed by atoms with Crippen molar-refractivity contribution in [2.45, 2.75) is 27.0 Å². The first-order chi connectivity index (χ1) is 13.6. The molecule has 0 radical (unpaired) electrons. The fraction of sp³-hybridized carbons (Fsp3) is 0.182. The molecule has 0 aliphatic carbocycles. The Kier molecular flexibility index (Phi) is 4.85. The summed E-state index contributed by atoms with van der Waals surface area (Å²) in [5.74, 6) is 1.03. The predicted octanol–water partition coefficient (Wildman–Crippen LogP) is 4.28. The SMILES string of the molecule is Cc1cccc(C)c1OCc1cc(C(=O)NCc2cc3ccccc3[nH]2)no1. The average Bonchev–Trinajstić information content (AvgIpc) is 3.32. The highest BCUT2D eigenvalue weighted by Gasteiger charge is 2.14. The van der Waals surface area contributed by atoms with Gasteiger partial charge in [0.25, 0.3) is 5.91 Å². The minimum atomic E-state index is -0.291. The largest absolute Gasteiger partial charge is 0.485 e. The summed E-state index contributed by atoms with van der Waals surface area (Å²) in [4.78, 5) is 15.6. The molecular weight excluding hydrogens is 354 g/mol.